The lowest BCUT2D eigenvalue weighted by Crippen LogP contribution is -2.07. The number of thioether (sulfide) groups is 1. The van der Waals surface area contributed by atoms with Crippen molar-refractivity contribution in [3.8, 4) is 0 Å². The Hall–Kier alpha value is -1.29. The highest BCUT2D eigenvalue weighted by Crippen LogP contribution is 2.24. The largest absolute Gasteiger partial charge is 0.323 e. The number of hydrogen-bond acceptors (Lipinski definition) is 3. The van der Waals surface area contributed by atoms with Gasteiger partial charge in [0.25, 0.3) is 0 Å². The summed E-state index contributed by atoms with van der Waals surface area (Å²) in [6.07, 6.45) is 1.84. The lowest BCUT2D eigenvalue weighted by Gasteiger charge is -2.12. The second-order valence-electron chi connectivity index (χ2n) is 5.18. The molecule has 0 N–H and O–H groups in total. The lowest BCUT2D eigenvalue weighted by molar-refractivity contribution is 0.486. The first-order valence-electron chi connectivity index (χ1n) is 6.64. The second-order valence-corrected chi connectivity index (χ2v) is 6.12. The molecule has 0 fully saturated rings. The van der Waals surface area contributed by atoms with E-state index < -0.39 is 0 Å². The molecule has 0 saturated heterocycles. The molecule has 0 aliphatic heterocycles. The highest BCUT2D eigenvalue weighted by Gasteiger charge is 2.12. The van der Waals surface area contributed by atoms with Crippen molar-refractivity contribution in [3.63, 3.8) is 0 Å². The third kappa shape index (κ3) is 3.60. The number of nitrogens with zero attached hydrogens (tertiary/aromatic N) is 3. The van der Waals surface area contributed by atoms with Gasteiger partial charge in [-0.05, 0) is 31.9 Å². The molecule has 19 heavy (non-hydrogen) atoms. The van der Waals surface area contributed by atoms with Gasteiger partial charge in [-0.2, -0.15) is 0 Å². The van der Waals surface area contributed by atoms with E-state index >= 15 is 0 Å². The van der Waals surface area contributed by atoms with Gasteiger partial charge in [-0.25, -0.2) is 4.98 Å². The maximum absolute atomic E-state index is 4.68. The van der Waals surface area contributed by atoms with Gasteiger partial charge in [0.2, 0.25) is 0 Å². The number of pyridine rings is 1. The SMILES string of the molecule is Cc1nc(SCc2ccccn2)n(CC(C)C)c1C. The van der Waals surface area contributed by atoms with E-state index in [2.05, 4.69) is 48.3 Å². The predicted molar refractivity (Wildman–Crippen MR) is 80.3 cm³/mol. The third-order valence-corrected chi connectivity index (χ3v) is 4.06. The first-order chi connectivity index (χ1) is 9.08. The minimum Gasteiger partial charge on any atom is -0.323 e. The van der Waals surface area contributed by atoms with Crippen LogP contribution in [0.5, 0.6) is 0 Å². The summed E-state index contributed by atoms with van der Waals surface area (Å²) in [5, 5.41) is 1.11. The van der Waals surface area contributed by atoms with Crippen molar-refractivity contribution in [2.24, 2.45) is 5.92 Å². The molecule has 2 rings (SSSR count). The molecule has 0 aliphatic rings. The van der Waals surface area contributed by atoms with E-state index in [1.165, 1.54) is 5.69 Å². The van der Waals surface area contributed by atoms with Gasteiger partial charge in [-0.1, -0.05) is 31.7 Å². The van der Waals surface area contributed by atoms with E-state index in [-0.39, 0.29) is 0 Å². The van der Waals surface area contributed by atoms with Gasteiger partial charge in [0.1, 0.15) is 0 Å². The summed E-state index contributed by atoms with van der Waals surface area (Å²) in [6, 6.07) is 6.03. The summed E-state index contributed by atoms with van der Waals surface area (Å²) in [4.78, 5) is 9.03. The Morgan fingerprint density at radius 2 is 2.05 bits per heavy atom. The average molecular weight is 275 g/mol. The molecule has 0 aliphatic carbocycles. The Bertz CT molecular complexity index is 532. The maximum Gasteiger partial charge on any atom is 0.168 e. The standard InChI is InChI=1S/C15H21N3S/c1-11(2)9-18-13(4)12(3)17-15(18)19-10-14-7-5-6-8-16-14/h5-8,11H,9-10H2,1-4H3. The van der Waals surface area contributed by atoms with Crippen molar-refractivity contribution >= 4 is 11.8 Å². The van der Waals surface area contributed by atoms with Crippen LogP contribution in [0.4, 0.5) is 0 Å². The molecule has 3 nitrogen and oxygen atoms in total. The van der Waals surface area contributed by atoms with Crippen LogP contribution in [-0.4, -0.2) is 14.5 Å². The zero-order chi connectivity index (χ0) is 13.8. The number of rotatable bonds is 5. The van der Waals surface area contributed by atoms with Gasteiger partial charge in [0.05, 0.1) is 11.4 Å². The van der Waals surface area contributed by atoms with Crippen LogP contribution >= 0.6 is 11.8 Å². The molecule has 0 amide bonds. The fraction of sp³-hybridized carbons (Fsp3) is 0.467. The fourth-order valence-corrected chi connectivity index (χ4v) is 2.95. The normalized spacial score (nSPS) is 11.2. The third-order valence-electron chi connectivity index (χ3n) is 3.05. The monoisotopic (exact) mass is 275 g/mol. The maximum atomic E-state index is 4.68. The van der Waals surface area contributed by atoms with Crippen molar-refractivity contribution in [2.45, 2.75) is 45.1 Å². The smallest absolute Gasteiger partial charge is 0.168 e. The molecule has 0 radical (unpaired) electrons. The van der Waals surface area contributed by atoms with Gasteiger partial charge >= 0.3 is 0 Å². The van der Waals surface area contributed by atoms with Crippen LogP contribution < -0.4 is 0 Å². The van der Waals surface area contributed by atoms with E-state index in [0.29, 0.717) is 5.92 Å². The zero-order valence-corrected chi connectivity index (χ0v) is 12.9. The van der Waals surface area contributed by atoms with Gasteiger partial charge in [-0.15, -0.1) is 0 Å². The molecular weight excluding hydrogens is 254 g/mol. The summed E-state index contributed by atoms with van der Waals surface area (Å²) in [5.74, 6) is 1.50. The molecule has 4 heteroatoms. The van der Waals surface area contributed by atoms with Gasteiger partial charge in [0, 0.05) is 24.2 Å². The summed E-state index contributed by atoms with van der Waals surface area (Å²) in [6.45, 7) is 9.73. The van der Waals surface area contributed by atoms with Crippen molar-refractivity contribution < 1.29 is 0 Å². The van der Waals surface area contributed by atoms with E-state index in [1.54, 1.807) is 11.8 Å². The highest BCUT2D eigenvalue weighted by atomic mass is 32.2. The van der Waals surface area contributed by atoms with Crippen LogP contribution in [-0.2, 0) is 12.3 Å². The van der Waals surface area contributed by atoms with E-state index in [4.69, 9.17) is 0 Å². The van der Waals surface area contributed by atoms with E-state index in [1.807, 2.05) is 18.3 Å². The molecule has 102 valence electrons. The topological polar surface area (TPSA) is 30.7 Å². The molecule has 0 aromatic carbocycles. The van der Waals surface area contributed by atoms with Crippen LogP contribution in [0.15, 0.2) is 29.6 Å². The molecule has 2 heterocycles. The summed E-state index contributed by atoms with van der Waals surface area (Å²) >= 11 is 1.77. The first kappa shape index (κ1) is 14.1. The van der Waals surface area contributed by atoms with Gasteiger partial charge in [0.15, 0.2) is 5.16 Å². The number of aromatic nitrogens is 3. The van der Waals surface area contributed by atoms with Crippen LogP contribution in [0, 0.1) is 19.8 Å². The molecule has 0 spiro atoms. The molecule has 0 atom stereocenters. The number of aryl methyl sites for hydroxylation is 1. The highest BCUT2D eigenvalue weighted by molar-refractivity contribution is 7.98. The average Bonchev–Trinajstić information content (AvgIpc) is 2.65. The summed E-state index contributed by atoms with van der Waals surface area (Å²) in [5.41, 5.74) is 3.50. The van der Waals surface area contributed by atoms with Crippen molar-refractivity contribution in [2.75, 3.05) is 0 Å². The Kier molecular flexibility index (Phi) is 4.64. The molecule has 0 bridgehead atoms. The molecule has 2 aromatic rings. The van der Waals surface area contributed by atoms with E-state index in [9.17, 15) is 0 Å². The summed E-state index contributed by atoms with van der Waals surface area (Å²) in [7, 11) is 0. The van der Waals surface area contributed by atoms with Crippen LogP contribution in [0.25, 0.3) is 0 Å². The van der Waals surface area contributed by atoms with Gasteiger partial charge in [-0.3, -0.25) is 4.98 Å². The Morgan fingerprint density at radius 3 is 2.68 bits per heavy atom. The van der Waals surface area contributed by atoms with Crippen LogP contribution in [0.2, 0.25) is 0 Å². The van der Waals surface area contributed by atoms with Crippen molar-refractivity contribution in [3.05, 3.63) is 41.5 Å². The fourth-order valence-electron chi connectivity index (χ4n) is 1.94. The van der Waals surface area contributed by atoms with Gasteiger partial charge < -0.3 is 4.57 Å². The van der Waals surface area contributed by atoms with Crippen LogP contribution in [0.3, 0.4) is 0 Å². The molecular formula is C15H21N3S. The number of hydrogen-bond donors (Lipinski definition) is 0. The molecule has 2 aromatic heterocycles. The lowest BCUT2D eigenvalue weighted by atomic mass is 10.2. The number of imidazole rings is 1. The summed E-state index contributed by atoms with van der Waals surface area (Å²) < 4.78 is 2.33. The van der Waals surface area contributed by atoms with E-state index in [0.717, 1.165) is 28.8 Å². The van der Waals surface area contributed by atoms with Crippen molar-refractivity contribution in [1.82, 2.24) is 14.5 Å². The Morgan fingerprint density at radius 1 is 1.26 bits per heavy atom. The second kappa shape index (κ2) is 6.24. The van der Waals surface area contributed by atoms with Crippen molar-refractivity contribution in [1.29, 1.82) is 0 Å². The first-order valence-corrected chi connectivity index (χ1v) is 7.63. The zero-order valence-electron chi connectivity index (χ0n) is 12.1. The molecule has 0 unspecified atom stereocenters. The quantitative estimate of drug-likeness (QED) is 0.777. The minimum atomic E-state index is 0.626. The minimum absolute atomic E-state index is 0.626. The molecule has 0 saturated carbocycles. The van der Waals surface area contributed by atoms with Crippen LogP contribution in [0.1, 0.15) is 30.9 Å². The Balaban J connectivity index is 2.13. The Labute approximate surface area is 119 Å². The predicted octanol–water partition coefficient (Wildman–Crippen LogP) is 3.84.